The zero-order valence-corrected chi connectivity index (χ0v) is 14.1. The number of rotatable bonds is 12. The summed E-state index contributed by atoms with van der Waals surface area (Å²) in [4.78, 5) is 0. The van der Waals surface area contributed by atoms with Crippen LogP contribution in [0, 0.1) is 0 Å². The Hall–Kier alpha value is 0.780. The second-order valence-electron chi connectivity index (χ2n) is 4.69. The highest BCUT2D eigenvalue weighted by Crippen LogP contribution is 2.21. The third kappa shape index (κ3) is 11.1. The van der Waals surface area contributed by atoms with Crippen LogP contribution in [0.3, 0.4) is 0 Å². The van der Waals surface area contributed by atoms with Gasteiger partial charge < -0.3 is 0 Å². The molecule has 0 spiro atoms. The van der Waals surface area contributed by atoms with Gasteiger partial charge in [-0.2, -0.15) is 8.42 Å². The summed E-state index contributed by atoms with van der Waals surface area (Å²) in [5.41, 5.74) is 0. The van der Waals surface area contributed by atoms with E-state index < -0.39 is 20.2 Å². The molecule has 19 heavy (non-hydrogen) atoms. The highest BCUT2D eigenvalue weighted by atomic mass is 35.5. The lowest BCUT2D eigenvalue weighted by Crippen LogP contribution is -2.24. The second kappa shape index (κ2) is 11.4. The van der Waals surface area contributed by atoms with E-state index in [1.165, 1.54) is 25.7 Å². The smallest absolute Gasteiger partial charge is 0.283 e. The minimum atomic E-state index is -4.24. The molecule has 0 bridgehead atoms. The van der Waals surface area contributed by atoms with E-state index in [4.69, 9.17) is 39.4 Å². The van der Waals surface area contributed by atoms with Gasteiger partial charge in [-0.3, -0.25) is 4.55 Å². The van der Waals surface area contributed by atoms with Crippen LogP contribution in [0.4, 0.5) is 0 Å². The number of unbranched alkanes of at least 4 members (excludes halogenated alkanes) is 7. The van der Waals surface area contributed by atoms with Crippen molar-refractivity contribution in [3.05, 3.63) is 0 Å². The van der Waals surface area contributed by atoms with E-state index in [-0.39, 0.29) is 0 Å². The van der Waals surface area contributed by atoms with E-state index in [0.29, 0.717) is 6.42 Å². The Labute approximate surface area is 131 Å². The molecule has 0 saturated carbocycles. The molecule has 2 unspecified atom stereocenters. The minimum absolute atomic E-state index is 0.502. The molecular formula is C12H23Cl3O3S. The number of hydrogen-bond donors (Lipinski definition) is 1. The second-order valence-corrected chi connectivity index (χ2v) is 7.89. The summed E-state index contributed by atoms with van der Waals surface area (Å²) in [6, 6.07) is 0. The van der Waals surface area contributed by atoms with Crippen LogP contribution >= 0.6 is 34.8 Å². The fraction of sp³-hybridized carbons (Fsp3) is 1.00. The van der Waals surface area contributed by atoms with Gasteiger partial charge in [-0.15, -0.1) is 34.8 Å². The van der Waals surface area contributed by atoms with Crippen molar-refractivity contribution < 1.29 is 13.0 Å². The topological polar surface area (TPSA) is 54.4 Å². The molecule has 0 aromatic carbocycles. The lowest BCUT2D eigenvalue weighted by Gasteiger charge is -2.12. The molecule has 1 N–H and O–H groups in total. The molecule has 0 aliphatic rings. The van der Waals surface area contributed by atoms with Crippen LogP contribution in [0.5, 0.6) is 0 Å². The van der Waals surface area contributed by atoms with Crippen molar-refractivity contribution >= 4 is 44.9 Å². The Morgan fingerprint density at radius 2 is 1.26 bits per heavy atom. The molecule has 0 heterocycles. The average Bonchev–Trinajstić information content (AvgIpc) is 2.34. The summed E-state index contributed by atoms with van der Waals surface area (Å²) < 4.78 is 28.9. The van der Waals surface area contributed by atoms with Crippen LogP contribution in [0.15, 0.2) is 0 Å². The van der Waals surface area contributed by atoms with Gasteiger partial charge in [-0.1, -0.05) is 44.9 Å². The summed E-state index contributed by atoms with van der Waals surface area (Å²) in [7, 11) is -4.24. The van der Waals surface area contributed by atoms with E-state index in [0.717, 1.165) is 31.6 Å². The maximum absolute atomic E-state index is 10.8. The Bertz CT molecular complexity index is 309. The largest absolute Gasteiger partial charge is 0.284 e. The van der Waals surface area contributed by atoms with Crippen molar-refractivity contribution in [1.29, 1.82) is 0 Å². The van der Waals surface area contributed by atoms with E-state index >= 15 is 0 Å². The molecule has 0 radical (unpaired) electrons. The first-order valence-electron chi connectivity index (χ1n) is 6.70. The third-order valence-electron chi connectivity index (χ3n) is 2.93. The predicted octanol–water partition coefficient (Wildman–Crippen LogP) is 4.80. The lowest BCUT2D eigenvalue weighted by atomic mass is 10.1. The third-order valence-corrected chi connectivity index (χ3v) is 5.83. The first kappa shape index (κ1) is 19.8. The van der Waals surface area contributed by atoms with Gasteiger partial charge in [-0.05, 0) is 12.8 Å². The molecule has 0 aliphatic heterocycles. The van der Waals surface area contributed by atoms with Crippen molar-refractivity contribution in [2.24, 2.45) is 0 Å². The first-order valence-corrected chi connectivity index (χ1v) is 9.61. The standard InChI is InChI=1S/C12H23Cl3O3S/c13-10-8-6-4-2-1-3-5-7-9-11(14)12(15)19(16,17)18/h11-12H,1-10H2,(H,16,17,18). The zero-order valence-electron chi connectivity index (χ0n) is 11.0. The predicted molar refractivity (Wildman–Crippen MR) is 83.1 cm³/mol. The molecule has 0 aromatic heterocycles. The maximum Gasteiger partial charge on any atom is 0.283 e. The summed E-state index contributed by atoms with van der Waals surface area (Å²) in [5, 5.41) is -0.736. The molecule has 2 atom stereocenters. The maximum atomic E-state index is 10.8. The van der Waals surface area contributed by atoms with Crippen LogP contribution in [-0.4, -0.2) is 28.9 Å². The normalized spacial score (nSPS) is 15.4. The minimum Gasteiger partial charge on any atom is -0.284 e. The molecular weight excluding hydrogens is 331 g/mol. The quantitative estimate of drug-likeness (QED) is 0.311. The van der Waals surface area contributed by atoms with Crippen molar-refractivity contribution in [3.63, 3.8) is 0 Å². The SMILES string of the molecule is O=S(=O)(O)C(Cl)C(Cl)CCCCCCCCCCCl. The Morgan fingerprint density at radius 1 is 0.842 bits per heavy atom. The molecule has 116 valence electrons. The van der Waals surface area contributed by atoms with Crippen molar-refractivity contribution in [2.75, 3.05) is 5.88 Å². The first-order chi connectivity index (χ1) is 8.89. The van der Waals surface area contributed by atoms with Crippen LogP contribution in [-0.2, 0) is 10.1 Å². The zero-order chi connectivity index (χ0) is 14.7. The van der Waals surface area contributed by atoms with Gasteiger partial charge in [0.2, 0.25) is 0 Å². The lowest BCUT2D eigenvalue weighted by molar-refractivity contribution is 0.474. The molecule has 0 rings (SSSR count). The van der Waals surface area contributed by atoms with Gasteiger partial charge >= 0.3 is 0 Å². The van der Waals surface area contributed by atoms with Crippen LogP contribution in [0.2, 0.25) is 0 Å². The monoisotopic (exact) mass is 352 g/mol. The fourth-order valence-corrected chi connectivity index (χ4v) is 3.18. The van der Waals surface area contributed by atoms with Crippen molar-refractivity contribution in [2.45, 2.75) is 67.9 Å². The van der Waals surface area contributed by atoms with Gasteiger partial charge in [0, 0.05) is 5.88 Å². The number of hydrogen-bond acceptors (Lipinski definition) is 2. The van der Waals surface area contributed by atoms with Crippen LogP contribution in [0.1, 0.15) is 57.8 Å². The Balaban J connectivity index is 3.44. The fourth-order valence-electron chi connectivity index (χ4n) is 1.81. The van der Waals surface area contributed by atoms with Crippen LogP contribution < -0.4 is 0 Å². The van der Waals surface area contributed by atoms with Crippen molar-refractivity contribution in [1.82, 2.24) is 0 Å². The van der Waals surface area contributed by atoms with Gasteiger partial charge in [0.1, 0.15) is 0 Å². The molecule has 0 saturated heterocycles. The summed E-state index contributed by atoms with van der Waals surface area (Å²) in [5.74, 6) is 0.741. The molecule has 0 fully saturated rings. The van der Waals surface area contributed by atoms with Gasteiger partial charge in [0.25, 0.3) is 10.1 Å². The molecule has 0 amide bonds. The van der Waals surface area contributed by atoms with Crippen molar-refractivity contribution in [3.8, 4) is 0 Å². The Morgan fingerprint density at radius 3 is 1.68 bits per heavy atom. The summed E-state index contributed by atoms with van der Waals surface area (Å²) >= 11 is 17.0. The molecule has 0 aliphatic carbocycles. The summed E-state index contributed by atoms with van der Waals surface area (Å²) in [6.45, 7) is 0. The molecule has 0 aromatic rings. The number of alkyl halides is 3. The van der Waals surface area contributed by atoms with E-state index in [1.807, 2.05) is 0 Å². The average molecular weight is 354 g/mol. The highest BCUT2D eigenvalue weighted by molar-refractivity contribution is 7.87. The highest BCUT2D eigenvalue weighted by Gasteiger charge is 2.27. The van der Waals surface area contributed by atoms with Gasteiger partial charge in [0.05, 0.1) is 5.38 Å². The molecule has 7 heteroatoms. The molecule has 3 nitrogen and oxygen atoms in total. The number of halogens is 3. The van der Waals surface area contributed by atoms with E-state index in [9.17, 15) is 8.42 Å². The van der Waals surface area contributed by atoms with E-state index in [2.05, 4.69) is 0 Å². The Kier molecular flexibility index (Phi) is 11.9. The van der Waals surface area contributed by atoms with Gasteiger partial charge in [-0.25, -0.2) is 0 Å². The summed E-state index contributed by atoms with van der Waals surface area (Å²) in [6.07, 6.45) is 9.34. The van der Waals surface area contributed by atoms with E-state index in [1.54, 1.807) is 0 Å². The van der Waals surface area contributed by atoms with Crippen LogP contribution in [0.25, 0.3) is 0 Å². The van der Waals surface area contributed by atoms with Gasteiger partial charge in [0.15, 0.2) is 4.71 Å².